The molecule has 0 rings (SSSR count). The third kappa shape index (κ3) is 9.65. The molecule has 0 aliphatic heterocycles. The second kappa shape index (κ2) is 8.64. The lowest BCUT2D eigenvalue weighted by Gasteiger charge is -2.11. The van der Waals surface area contributed by atoms with Gasteiger partial charge in [-0.05, 0) is 26.8 Å². The fourth-order valence-corrected chi connectivity index (χ4v) is 1.04. The molecule has 0 aromatic carbocycles. The topological polar surface area (TPSA) is 67.8 Å². The van der Waals surface area contributed by atoms with Crippen molar-refractivity contribution in [1.29, 1.82) is 0 Å². The number of hydrogen-bond donors (Lipinski definition) is 2. The lowest BCUT2D eigenvalue weighted by Crippen LogP contribution is -2.29. The Hall–Kier alpha value is -0.650. The molecule has 0 saturated carbocycles. The molecule has 0 spiro atoms. The van der Waals surface area contributed by atoms with E-state index in [0.29, 0.717) is 19.6 Å². The smallest absolute Gasteiger partial charge is 0.320 e. The highest BCUT2D eigenvalue weighted by molar-refractivity contribution is 5.71. The van der Waals surface area contributed by atoms with Crippen molar-refractivity contribution in [2.45, 2.75) is 32.5 Å². The largest absolute Gasteiger partial charge is 0.462 e. The fraction of sp³-hybridized carbons (Fsp3) is 0.900. The minimum Gasteiger partial charge on any atom is -0.462 e. The second-order valence-electron chi connectivity index (χ2n) is 3.61. The average Bonchev–Trinajstić information content (AvgIpc) is 2.12. The maximum atomic E-state index is 11.1. The van der Waals surface area contributed by atoms with Crippen LogP contribution in [0.5, 0.6) is 0 Å². The number of aliphatic hydroxyl groups is 1. The van der Waals surface area contributed by atoms with Crippen LogP contribution in [-0.4, -0.2) is 50.1 Å². The molecule has 0 aromatic rings. The normalized spacial score (nSPS) is 12.9. The number of methoxy groups -OCH3 is 1. The van der Waals surface area contributed by atoms with E-state index in [9.17, 15) is 9.90 Å². The van der Waals surface area contributed by atoms with Gasteiger partial charge in [-0.2, -0.15) is 0 Å². The van der Waals surface area contributed by atoms with E-state index in [0.717, 1.165) is 0 Å². The molecule has 2 N–H and O–H groups in total. The lowest BCUT2D eigenvalue weighted by atomic mass is 10.2. The summed E-state index contributed by atoms with van der Waals surface area (Å²) < 4.78 is 9.68. The highest BCUT2D eigenvalue weighted by Crippen LogP contribution is 1.91. The third-order valence-corrected chi connectivity index (χ3v) is 1.65. The summed E-state index contributed by atoms with van der Waals surface area (Å²) in [6, 6.07) is 0. The monoisotopic (exact) mass is 219 g/mol. The zero-order valence-electron chi connectivity index (χ0n) is 9.66. The standard InChI is InChI=1S/C10H21NO4/c1-8(2)15-10(13)6-11-5-4-9(12)7-14-3/h8-9,11-12H,4-7H2,1-3H3. The van der Waals surface area contributed by atoms with Gasteiger partial charge >= 0.3 is 5.97 Å². The first-order valence-corrected chi connectivity index (χ1v) is 5.13. The molecule has 0 amide bonds. The molecule has 5 nitrogen and oxygen atoms in total. The Bertz CT molecular complexity index is 173. The Labute approximate surface area is 90.8 Å². The van der Waals surface area contributed by atoms with Gasteiger partial charge in [0, 0.05) is 7.11 Å². The molecular weight excluding hydrogens is 198 g/mol. The average molecular weight is 219 g/mol. The van der Waals surface area contributed by atoms with Crippen molar-refractivity contribution in [1.82, 2.24) is 5.32 Å². The van der Waals surface area contributed by atoms with Crippen LogP contribution in [0.25, 0.3) is 0 Å². The van der Waals surface area contributed by atoms with E-state index in [1.54, 1.807) is 13.8 Å². The fourth-order valence-electron chi connectivity index (χ4n) is 1.04. The molecule has 5 heteroatoms. The van der Waals surface area contributed by atoms with Crippen LogP contribution < -0.4 is 5.32 Å². The van der Waals surface area contributed by atoms with E-state index < -0.39 is 6.10 Å². The van der Waals surface area contributed by atoms with Crippen molar-refractivity contribution in [3.8, 4) is 0 Å². The summed E-state index contributed by atoms with van der Waals surface area (Å²) in [6.07, 6.45) is -0.00926. The third-order valence-electron chi connectivity index (χ3n) is 1.65. The highest BCUT2D eigenvalue weighted by atomic mass is 16.5. The van der Waals surface area contributed by atoms with Crippen LogP contribution in [0.1, 0.15) is 20.3 Å². The van der Waals surface area contributed by atoms with Crippen molar-refractivity contribution in [2.24, 2.45) is 0 Å². The van der Waals surface area contributed by atoms with Gasteiger partial charge in [-0.3, -0.25) is 4.79 Å². The summed E-state index contributed by atoms with van der Waals surface area (Å²) in [7, 11) is 1.54. The summed E-state index contributed by atoms with van der Waals surface area (Å²) in [6.45, 7) is 4.67. The van der Waals surface area contributed by atoms with Crippen LogP contribution in [0.2, 0.25) is 0 Å². The van der Waals surface area contributed by atoms with Gasteiger partial charge in [-0.25, -0.2) is 0 Å². The molecule has 1 atom stereocenters. The first-order chi connectivity index (χ1) is 7.06. The number of rotatable bonds is 8. The SMILES string of the molecule is COCC(O)CCNCC(=O)OC(C)C. The van der Waals surface area contributed by atoms with Gasteiger partial charge in [0.05, 0.1) is 25.4 Å². The molecule has 0 aliphatic rings. The number of aliphatic hydroxyl groups excluding tert-OH is 1. The predicted octanol–water partition coefficient (Wildman–Crippen LogP) is -0.0750. The van der Waals surface area contributed by atoms with Gasteiger partial charge in [0.1, 0.15) is 0 Å². The highest BCUT2D eigenvalue weighted by Gasteiger charge is 2.06. The summed E-state index contributed by atoms with van der Waals surface area (Å²) >= 11 is 0. The minimum absolute atomic E-state index is 0.0848. The van der Waals surface area contributed by atoms with E-state index in [4.69, 9.17) is 9.47 Å². The zero-order chi connectivity index (χ0) is 11.7. The van der Waals surface area contributed by atoms with Crippen molar-refractivity contribution in [2.75, 3.05) is 26.8 Å². The minimum atomic E-state index is -0.483. The molecule has 0 aromatic heterocycles. The quantitative estimate of drug-likeness (QED) is 0.441. The zero-order valence-corrected chi connectivity index (χ0v) is 9.66. The van der Waals surface area contributed by atoms with Crippen molar-refractivity contribution >= 4 is 5.97 Å². The van der Waals surface area contributed by atoms with Crippen molar-refractivity contribution in [3.63, 3.8) is 0 Å². The molecule has 0 aliphatic carbocycles. The van der Waals surface area contributed by atoms with E-state index in [-0.39, 0.29) is 18.6 Å². The second-order valence-corrected chi connectivity index (χ2v) is 3.61. The van der Waals surface area contributed by atoms with E-state index in [1.807, 2.05) is 0 Å². The van der Waals surface area contributed by atoms with Crippen molar-refractivity contribution in [3.05, 3.63) is 0 Å². The predicted molar refractivity (Wildman–Crippen MR) is 56.6 cm³/mol. The van der Waals surface area contributed by atoms with Gasteiger partial charge in [-0.15, -0.1) is 0 Å². The first kappa shape index (κ1) is 14.3. The summed E-state index contributed by atoms with van der Waals surface area (Å²) in [5, 5.41) is 12.2. The van der Waals surface area contributed by atoms with Crippen LogP contribution in [0.3, 0.4) is 0 Å². The molecule has 0 radical (unpaired) electrons. The molecule has 0 bridgehead atoms. The number of carbonyl (C=O) groups is 1. The van der Waals surface area contributed by atoms with Crippen molar-refractivity contribution < 1.29 is 19.4 Å². The lowest BCUT2D eigenvalue weighted by molar-refractivity contribution is -0.146. The first-order valence-electron chi connectivity index (χ1n) is 5.13. The Morgan fingerprint density at radius 1 is 1.47 bits per heavy atom. The van der Waals surface area contributed by atoms with E-state index >= 15 is 0 Å². The molecule has 90 valence electrons. The van der Waals surface area contributed by atoms with Gasteiger partial charge in [0.25, 0.3) is 0 Å². The number of ether oxygens (including phenoxy) is 2. The van der Waals surface area contributed by atoms with Gasteiger partial charge in [0.15, 0.2) is 0 Å². The molecular formula is C10H21NO4. The number of nitrogens with one attached hydrogen (secondary N) is 1. The summed E-state index contributed by atoms with van der Waals surface area (Å²) in [4.78, 5) is 11.1. The Morgan fingerprint density at radius 2 is 2.13 bits per heavy atom. The molecule has 0 heterocycles. The van der Waals surface area contributed by atoms with E-state index in [2.05, 4.69) is 5.32 Å². The molecule has 0 fully saturated rings. The van der Waals surface area contributed by atoms with Gasteiger partial charge in [0.2, 0.25) is 0 Å². The number of hydrogen-bond acceptors (Lipinski definition) is 5. The number of carbonyl (C=O) groups excluding carboxylic acids is 1. The Morgan fingerprint density at radius 3 is 2.67 bits per heavy atom. The Balaban J connectivity index is 3.34. The molecule has 0 saturated heterocycles. The van der Waals surface area contributed by atoms with Gasteiger partial charge in [-0.1, -0.05) is 0 Å². The van der Waals surface area contributed by atoms with Crippen LogP contribution in [0, 0.1) is 0 Å². The van der Waals surface area contributed by atoms with Crippen LogP contribution >= 0.6 is 0 Å². The molecule has 1 unspecified atom stereocenters. The van der Waals surface area contributed by atoms with Crippen LogP contribution in [0.15, 0.2) is 0 Å². The molecule has 15 heavy (non-hydrogen) atoms. The van der Waals surface area contributed by atoms with E-state index in [1.165, 1.54) is 7.11 Å². The summed E-state index contributed by atoms with van der Waals surface area (Å²) in [5.41, 5.74) is 0. The number of esters is 1. The van der Waals surface area contributed by atoms with Crippen LogP contribution in [-0.2, 0) is 14.3 Å². The maximum absolute atomic E-state index is 11.1. The maximum Gasteiger partial charge on any atom is 0.320 e. The van der Waals surface area contributed by atoms with Crippen LogP contribution in [0.4, 0.5) is 0 Å². The summed E-state index contributed by atoms with van der Waals surface area (Å²) in [5.74, 6) is -0.272. The Kier molecular flexibility index (Phi) is 8.27. The van der Waals surface area contributed by atoms with Gasteiger partial charge < -0.3 is 19.9 Å².